The average Bonchev–Trinajstić information content (AvgIpc) is 2.29. The summed E-state index contributed by atoms with van der Waals surface area (Å²) in [7, 11) is 0. The fourth-order valence-electron chi connectivity index (χ4n) is 1.60. The molecule has 0 aliphatic rings. The van der Waals surface area contributed by atoms with Crippen LogP contribution in [0.5, 0.6) is 0 Å². The zero-order valence-electron chi connectivity index (χ0n) is 11.3. The summed E-state index contributed by atoms with van der Waals surface area (Å²) in [5, 5.41) is 2.45. The highest BCUT2D eigenvalue weighted by molar-refractivity contribution is 5.89. The molecule has 0 fully saturated rings. The average molecular weight is 279 g/mol. The van der Waals surface area contributed by atoms with Gasteiger partial charge >= 0.3 is 6.09 Å². The molecule has 2 rings (SSSR count). The molecule has 0 atom stereocenters. The SMILES string of the molecule is CC(C)(C)OC(=O)Nc1cc2c(=O)[nH]cnc2cc1F. The summed E-state index contributed by atoms with van der Waals surface area (Å²) in [4.78, 5) is 29.4. The molecular formula is C13H14FN3O3. The van der Waals surface area contributed by atoms with E-state index < -0.39 is 23.1 Å². The predicted octanol–water partition coefficient (Wildman–Crippen LogP) is 2.41. The number of nitrogens with one attached hydrogen (secondary N) is 2. The van der Waals surface area contributed by atoms with Crippen LogP contribution in [-0.2, 0) is 4.74 Å². The van der Waals surface area contributed by atoms with Gasteiger partial charge in [0.2, 0.25) is 0 Å². The molecule has 0 aliphatic carbocycles. The number of H-pyrrole nitrogens is 1. The van der Waals surface area contributed by atoms with E-state index in [-0.39, 0.29) is 16.6 Å². The molecule has 2 N–H and O–H groups in total. The number of benzene rings is 1. The molecule has 1 heterocycles. The summed E-state index contributed by atoms with van der Waals surface area (Å²) in [5.41, 5.74) is -1.04. The van der Waals surface area contributed by atoms with E-state index in [1.54, 1.807) is 20.8 Å². The third-order valence-corrected chi connectivity index (χ3v) is 2.36. The van der Waals surface area contributed by atoms with Crippen LogP contribution in [-0.4, -0.2) is 21.7 Å². The number of amides is 1. The number of rotatable bonds is 1. The van der Waals surface area contributed by atoms with Crippen molar-refractivity contribution in [2.24, 2.45) is 0 Å². The molecule has 20 heavy (non-hydrogen) atoms. The first-order chi connectivity index (χ1) is 9.26. The Kier molecular flexibility index (Phi) is 3.44. The fraction of sp³-hybridized carbons (Fsp3) is 0.308. The van der Waals surface area contributed by atoms with Gasteiger partial charge in [-0.25, -0.2) is 14.2 Å². The van der Waals surface area contributed by atoms with E-state index in [0.717, 1.165) is 6.07 Å². The first-order valence-electron chi connectivity index (χ1n) is 5.93. The minimum absolute atomic E-state index is 0.134. The molecule has 2 aromatic rings. The van der Waals surface area contributed by atoms with Gasteiger partial charge in [-0.15, -0.1) is 0 Å². The fourth-order valence-corrected chi connectivity index (χ4v) is 1.60. The summed E-state index contributed by atoms with van der Waals surface area (Å²) in [6.07, 6.45) is 0.390. The van der Waals surface area contributed by atoms with Crippen molar-refractivity contribution in [1.29, 1.82) is 0 Å². The quantitative estimate of drug-likeness (QED) is 0.839. The molecule has 0 unspecified atom stereocenters. The largest absolute Gasteiger partial charge is 0.444 e. The van der Waals surface area contributed by atoms with Crippen molar-refractivity contribution in [3.63, 3.8) is 0 Å². The molecular weight excluding hydrogens is 265 g/mol. The van der Waals surface area contributed by atoms with Crippen molar-refractivity contribution in [2.75, 3.05) is 5.32 Å². The lowest BCUT2D eigenvalue weighted by Gasteiger charge is -2.19. The van der Waals surface area contributed by atoms with Gasteiger partial charge in [0.1, 0.15) is 11.4 Å². The molecule has 7 heteroatoms. The van der Waals surface area contributed by atoms with Crippen LogP contribution in [0.25, 0.3) is 10.9 Å². The molecule has 0 spiro atoms. The first kappa shape index (κ1) is 14.0. The minimum Gasteiger partial charge on any atom is -0.444 e. The number of fused-ring (bicyclic) bond motifs is 1. The molecule has 106 valence electrons. The standard InChI is InChI=1S/C13H14FN3O3/c1-13(2,3)20-12(19)17-10-4-7-9(5-8(10)14)15-6-16-11(7)18/h4-6H,1-3H3,(H,17,19)(H,15,16,18). The molecule has 6 nitrogen and oxygen atoms in total. The smallest absolute Gasteiger partial charge is 0.412 e. The van der Waals surface area contributed by atoms with Crippen LogP contribution in [0.4, 0.5) is 14.9 Å². The Balaban J connectivity index is 2.35. The number of nitrogens with zero attached hydrogens (tertiary/aromatic N) is 1. The van der Waals surface area contributed by atoms with Crippen LogP contribution >= 0.6 is 0 Å². The number of carbonyl (C=O) groups excluding carboxylic acids is 1. The second-order valence-electron chi connectivity index (χ2n) is 5.21. The lowest BCUT2D eigenvalue weighted by molar-refractivity contribution is 0.0635. The lowest BCUT2D eigenvalue weighted by atomic mass is 10.2. The molecule has 0 saturated carbocycles. The van der Waals surface area contributed by atoms with Gasteiger partial charge in [0.15, 0.2) is 0 Å². The zero-order valence-corrected chi connectivity index (χ0v) is 11.3. The van der Waals surface area contributed by atoms with Crippen LogP contribution in [0.15, 0.2) is 23.3 Å². The van der Waals surface area contributed by atoms with Gasteiger partial charge in [0.05, 0.1) is 22.9 Å². The number of carbonyl (C=O) groups is 1. The molecule has 0 aliphatic heterocycles. The summed E-state index contributed by atoms with van der Waals surface area (Å²) < 4.78 is 18.8. The monoisotopic (exact) mass is 279 g/mol. The van der Waals surface area contributed by atoms with Gasteiger partial charge in [-0.1, -0.05) is 0 Å². The summed E-state index contributed by atoms with van der Waals surface area (Å²) in [6, 6.07) is 2.30. The highest BCUT2D eigenvalue weighted by atomic mass is 19.1. The van der Waals surface area contributed by atoms with Crippen LogP contribution in [0, 0.1) is 5.82 Å². The maximum absolute atomic E-state index is 13.8. The number of aromatic nitrogens is 2. The maximum Gasteiger partial charge on any atom is 0.412 e. The van der Waals surface area contributed by atoms with Crippen LogP contribution in [0.1, 0.15) is 20.8 Å². The zero-order chi connectivity index (χ0) is 14.9. The van der Waals surface area contributed by atoms with Crippen LogP contribution < -0.4 is 10.9 Å². The van der Waals surface area contributed by atoms with Crippen molar-refractivity contribution >= 4 is 22.7 Å². The van der Waals surface area contributed by atoms with Gasteiger partial charge in [-0.2, -0.15) is 0 Å². The summed E-state index contributed by atoms with van der Waals surface area (Å²) in [5.74, 6) is -0.693. The highest BCUT2D eigenvalue weighted by Crippen LogP contribution is 2.20. The Labute approximate surface area is 114 Å². The van der Waals surface area contributed by atoms with Gasteiger partial charge in [0.25, 0.3) is 5.56 Å². The molecule has 0 radical (unpaired) electrons. The Hall–Kier alpha value is -2.44. The highest BCUT2D eigenvalue weighted by Gasteiger charge is 2.18. The van der Waals surface area contributed by atoms with E-state index in [4.69, 9.17) is 4.74 Å². The van der Waals surface area contributed by atoms with E-state index in [9.17, 15) is 14.0 Å². The normalized spacial score (nSPS) is 11.4. The van der Waals surface area contributed by atoms with Crippen molar-refractivity contribution in [2.45, 2.75) is 26.4 Å². The molecule has 0 saturated heterocycles. The van der Waals surface area contributed by atoms with E-state index in [1.165, 1.54) is 12.4 Å². The number of ether oxygens (including phenoxy) is 1. The Bertz CT molecular complexity index is 719. The Morgan fingerprint density at radius 3 is 2.75 bits per heavy atom. The number of halogens is 1. The van der Waals surface area contributed by atoms with Crippen LogP contribution in [0.2, 0.25) is 0 Å². The lowest BCUT2D eigenvalue weighted by Crippen LogP contribution is -2.27. The van der Waals surface area contributed by atoms with Crippen molar-refractivity contribution in [3.05, 3.63) is 34.6 Å². The third-order valence-electron chi connectivity index (χ3n) is 2.36. The van der Waals surface area contributed by atoms with Gasteiger partial charge in [-0.05, 0) is 26.8 Å². The van der Waals surface area contributed by atoms with E-state index in [1.807, 2.05) is 0 Å². The Morgan fingerprint density at radius 1 is 1.40 bits per heavy atom. The first-order valence-corrected chi connectivity index (χ1v) is 5.93. The van der Waals surface area contributed by atoms with Crippen LogP contribution in [0.3, 0.4) is 0 Å². The molecule has 1 aromatic heterocycles. The number of anilines is 1. The molecule has 1 aromatic carbocycles. The topological polar surface area (TPSA) is 84.1 Å². The van der Waals surface area contributed by atoms with Crippen molar-refractivity contribution in [3.8, 4) is 0 Å². The van der Waals surface area contributed by atoms with Crippen molar-refractivity contribution in [1.82, 2.24) is 9.97 Å². The number of hydrogen-bond donors (Lipinski definition) is 2. The van der Waals surface area contributed by atoms with E-state index in [0.29, 0.717) is 0 Å². The number of hydrogen-bond acceptors (Lipinski definition) is 4. The maximum atomic E-state index is 13.8. The number of aromatic amines is 1. The summed E-state index contributed by atoms with van der Waals surface area (Å²) in [6.45, 7) is 5.08. The summed E-state index contributed by atoms with van der Waals surface area (Å²) >= 11 is 0. The second kappa shape index (κ2) is 4.92. The van der Waals surface area contributed by atoms with E-state index >= 15 is 0 Å². The second-order valence-corrected chi connectivity index (χ2v) is 5.21. The van der Waals surface area contributed by atoms with Crippen molar-refractivity contribution < 1.29 is 13.9 Å². The van der Waals surface area contributed by atoms with Gasteiger partial charge in [-0.3, -0.25) is 10.1 Å². The third kappa shape index (κ3) is 3.11. The van der Waals surface area contributed by atoms with Gasteiger partial charge in [0, 0.05) is 6.07 Å². The van der Waals surface area contributed by atoms with E-state index in [2.05, 4.69) is 15.3 Å². The Morgan fingerprint density at radius 2 is 2.10 bits per heavy atom. The van der Waals surface area contributed by atoms with Gasteiger partial charge < -0.3 is 9.72 Å². The predicted molar refractivity (Wildman–Crippen MR) is 72.2 cm³/mol. The molecule has 1 amide bonds. The molecule has 0 bridgehead atoms. The minimum atomic E-state index is -0.795.